The zero-order valence-electron chi connectivity index (χ0n) is 40.5. The van der Waals surface area contributed by atoms with E-state index in [1.165, 1.54) is 19.3 Å². The predicted octanol–water partition coefficient (Wildman–Crippen LogP) is 16.5. The molecular formula is C58H88O6. The monoisotopic (exact) mass is 881 g/mol. The van der Waals surface area contributed by atoms with Gasteiger partial charge in [-0.2, -0.15) is 0 Å². The first-order valence-electron chi connectivity index (χ1n) is 24.9. The second-order valence-corrected chi connectivity index (χ2v) is 15.7. The van der Waals surface area contributed by atoms with Gasteiger partial charge in [0.25, 0.3) is 0 Å². The molecule has 0 aliphatic carbocycles. The van der Waals surface area contributed by atoms with Crippen molar-refractivity contribution in [2.24, 2.45) is 0 Å². The van der Waals surface area contributed by atoms with Gasteiger partial charge in [-0.1, -0.05) is 199 Å². The molecule has 0 spiro atoms. The Labute approximate surface area is 391 Å². The number of carbonyl (C=O) groups excluding carboxylic acids is 3. The minimum absolute atomic E-state index is 0.135. The number of esters is 3. The lowest BCUT2D eigenvalue weighted by molar-refractivity contribution is -0.167. The summed E-state index contributed by atoms with van der Waals surface area (Å²) >= 11 is 0. The lowest BCUT2D eigenvalue weighted by Gasteiger charge is -2.18. The third-order valence-electron chi connectivity index (χ3n) is 9.65. The Morgan fingerprint density at radius 3 is 1.14 bits per heavy atom. The molecule has 0 saturated heterocycles. The number of unbranched alkanes of at least 4 members (excludes halogenated alkanes) is 10. The van der Waals surface area contributed by atoms with Gasteiger partial charge in [-0.25, -0.2) is 0 Å². The zero-order chi connectivity index (χ0) is 46.5. The van der Waals surface area contributed by atoms with Crippen LogP contribution in [0.15, 0.2) is 146 Å². The smallest absolute Gasteiger partial charge is 0.306 e. The number of allylic oxidation sites excluding steroid dienone is 24. The third kappa shape index (κ3) is 48.3. The molecule has 0 saturated carbocycles. The van der Waals surface area contributed by atoms with E-state index in [0.717, 1.165) is 109 Å². The third-order valence-corrected chi connectivity index (χ3v) is 9.65. The Balaban J connectivity index is 4.60. The SMILES string of the molecule is CC/C=C\C/C=C\C/C=C\C/C=C\C/C=C\CCCC(=O)OC(COC(=O)CCC/C=C\C/C=C\C/C=C\CC)COC(=O)CCCCCCC\C=C/C=C\C=C/C=C\CCCCC. The van der Waals surface area contributed by atoms with E-state index in [4.69, 9.17) is 14.2 Å². The summed E-state index contributed by atoms with van der Waals surface area (Å²) in [5.41, 5.74) is 0. The summed E-state index contributed by atoms with van der Waals surface area (Å²) in [5.74, 6) is -1.09. The number of carbonyl (C=O) groups is 3. The van der Waals surface area contributed by atoms with E-state index in [1.54, 1.807) is 0 Å². The summed E-state index contributed by atoms with van der Waals surface area (Å²) in [7, 11) is 0. The first kappa shape index (κ1) is 59.3. The van der Waals surface area contributed by atoms with Crippen molar-refractivity contribution in [3.8, 4) is 0 Å². The molecule has 6 nitrogen and oxygen atoms in total. The summed E-state index contributed by atoms with van der Waals surface area (Å²) in [6.07, 6.45) is 72.7. The van der Waals surface area contributed by atoms with Crippen LogP contribution >= 0.6 is 0 Å². The van der Waals surface area contributed by atoms with Crippen molar-refractivity contribution in [3.05, 3.63) is 146 Å². The highest BCUT2D eigenvalue weighted by molar-refractivity contribution is 5.71. The first-order chi connectivity index (χ1) is 31.5. The lowest BCUT2D eigenvalue weighted by atomic mass is 10.1. The van der Waals surface area contributed by atoms with Crippen molar-refractivity contribution in [2.45, 2.75) is 187 Å². The highest BCUT2D eigenvalue weighted by Crippen LogP contribution is 2.11. The maximum atomic E-state index is 12.8. The van der Waals surface area contributed by atoms with Crippen LogP contribution < -0.4 is 0 Å². The maximum absolute atomic E-state index is 12.8. The molecule has 0 aromatic carbocycles. The van der Waals surface area contributed by atoms with Crippen molar-refractivity contribution >= 4 is 17.9 Å². The molecule has 6 heteroatoms. The highest BCUT2D eigenvalue weighted by Gasteiger charge is 2.19. The molecule has 0 radical (unpaired) electrons. The van der Waals surface area contributed by atoms with Crippen LogP contribution in [0.1, 0.15) is 181 Å². The molecule has 1 atom stereocenters. The number of hydrogen-bond acceptors (Lipinski definition) is 6. The molecular weight excluding hydrogens is 793 g/mol. The average molecular weight is 881 g/mol. The van der Waals surface area contributed by atoms with Gasteiger partial charge in [0.15, 0.2) is 6.10 Å². The van der Waals surface area contributed by atoms with Crippen LogP contribution in [0.5, 0.6) is 0 Å². The van der Waals surface area contributed by atoms with Gasteiger partial charge in [0, 0.05) is 19.3 Å². The summed E-state index contributed by atoms with van der Waals surface area (Å²) in [4.78, 5) is 37.9. The summed E-state index contributed by atoms with van der Waals surface area (Å²) in [5, 5.41) is 0. The van der Waals surface area contributed by atoms with Crippen LogP contribution in [0.3, 0.4) is 0 Å². The van der Waals surface area contributed by atoms with E-state index in [1.807, 2.05) is 0 Å². The van der Waals surface area contributed by atoms with Crippen LogP contribution in [0, 0.1) is 0 Å². The van der Waals surface area contributed by atoms with Gasteiger partial charge in [0.2, 0.25) is 0 Å². The molecule has 1 unspecified atom stereocenters. The first-order valence-corrected chi connectivity index (χ1v) is 24.9. The molecule has 0 heterocycles. The van der Waals surface area contributed by atoms with Crippen LogP contribution in [-0.4, -0.2) is 37.2 Å². The Bertz CT molecular complexity index is 1480. The average Bonchev–Trinajstić information content (AvgIpc) is 3.29. The summed E-state index contributed by atoms with van der Waals surface area (Å²) < 4.78 is 16.6. The second kappa shape index (κ2) is 50.9. The molecule has 356 valence electrons. The van der Waals surface area contributed by atoms with E-state index in [2.05, 4.69) is 167 Å². The molecule has 0 aliphatic rings. The fraction of sp³-hybridized carbons (Fsp3) is 0.534. The number of rotatable bonds is 42. The Kier molecular flexibility index (Phi) is 47.2. The summed E-state index contributed by atoms with van der Waals surface area (Å²) in [6, 6.07) is 0. The molecule has 64 heavy (non-hydrogen) atoms. The van der Waals surface area contributed by atoms with E-state index in [9.17, 15) is 14.4 Å². The van der Waals surface area contributed by atoms with Gasteiger partial charge in [0.05, 0.1) is 0 Å². The molecule has 0 aliphatic heterocycles. The molecule has 0 rings (SSSR count). The van der Waals surface area contributed by atoms with E-state index >= 15 is 0 Å². The zero-order valence-corrected chi connectivity index (χ0v) is 40.5. The minimum atomic E-state index is -0.843. The maximum Gasteiger partial charge on any atom is 0.306 e. The minimum Gasteiger partial charge on any atom is -0.462 e. The largest absolute Gasteiger partial charge is 0.462 e. The van der Waals surface area contributed by atoms with E-state index in [0.29, 0.717) is 19.3 Å². The molecule has 0 aromatic rings. The quantitative estimate of drug-likeness (QED) is 0.0200. The topological polar surface area (TPSA) is 78.9 Å². The van der Waals surface area contributed by atoms with Gasteiger partial charge in [-0.3, -0.25) is 14.4 Å². The summed E-state index contributed by atoms with van der Waals surface area (Å²) in [6.45, 7) is 6.22. The van der Waals surface area contributed by atoms with Crippen LogP contribution in [0.25, 0.3) is 0 Å². The highest BCUT2D eigenvalue weighted by atomic mass is 16.6. The molecule has 0 N–H and O–H groups in total. The van der Waals surface area contributed by atoms with Crippen molar-refractivity contribution in [3.63, 3.8) is 0 Å². The molecule has 0 amide bonds. The molecule has 0 bridgehead atoms. The second-order valence-electron chi connectivity index (χ2n) is 15.7. The number of hydrogen-bond donors (Lipinski definition) is 0. The Morgan fingerprint density at radius 2 is 0.688 bits per heavy atom. The van der Waals surface area contributed by atoms with Gasteiger partial charge in [-0.05, 0) is 109 Å². The fourth-order valence-electron chi connectivity index (χ4n) is 5.98. The predicted molar refractivity (Wildman–Crippen MR) is 274 cm³/mol. The van der Waals surface area contributed by atoms with Crippen LogP contribution in [0.2, 0.25) is 0 Å². The van der Waals surface area contributed by atoms with Crippen molar-refractivity contribution in [2.75, 3.05) is 13.2 Å². The normalized spacial score (nSPS) is 13.4. The van der Waals surface area contributed by atoms with Gasteiger partial charge in [0.1, 0.15) is 13.2 Å². The lowest BCUT2D eigenvalue weighted by Crippen LogP contribution is -2.30. The van der Waals surface area contributed by atoms with Crippen LogP contribution in [-0.2, 0) is 28.6 Å². The molecule has 0 fully saturated rings. The van der Waals surface area contributed by atoms with Gasteiger partial charge >= 0.3 is 17.9 Å². The van der Waals surface area contributed by atoms with Crippen molar-refractivity contribution < 1.29 is 28.6 Å². The fourth-order valence-corrected chi connectivity index (χ4v) is 5.98. The van der Waals surface area contributed by atoms with E-state index < -0.39 is 12.1 Å². The number of ether oxygens (including phenoxy) is 3. The van der Waals surface area contributed by atoms with Gasteiger partial charge < -0.3 is 14.2 Å². The Hall–Kier alpha value is -4.71. The van der Waals surface area contributed by atoms with Crippen molar-refractivity contribution in [1.29, 1.82) is 0 Å². The Morgan fingerprint density at radius 1 is 0.344 bits per heavy atom. The van der Waals surface area contributed by atoms with Gasteiger partial charge in [-0.15, -0.1) is 0 Å². The molecule has 0 aromatic heterocycles. The van der Waals surface area contributed by atoms with E-state index in [-0.39, 0.29) is 38.0 Å². The standard InChI is InChI=1S/C58H88O6/c1-4-7-10-13-16-19-22-24-26-28-30-31-33-36-39-42-45-48-51-57(60)63-54-55(53-62-56(59)50-47-44-41-38-35-21-18-15-12-9-6-3)64-58(61)52-49-46-43-40-37-34-32-29-27-25-23-20-17-14-11-8-5-2/h8-9,11-12,16-22,24-28,30-32,34,38,40-41,43,55H,4-7,10,13-15,23,29,33,35-37,39,42,44-54H2,1-3H3/b11-8-,12-9-,19-16-,20-17-,21-18-,24-22-,27-25-,28-26-,31-30-,34-32-,41-38-,43-40-. The van der Waals surface area contributed by atoms with Crippen molar-refractivity contribution in [1.82, 2.24) is 0 Å². The van der Waals surface area contributed by atoms with Crippen LogP contribution in [0.4, 0.5) is 0 Å².